The lowest BCUT2D eigenvalue weighted by Crippen LogP contribution is -2.43. The molecule has 0 saturated heterocycles. The first-order valence-corrected chi connectivity index (χ1v) is 9.22. The van der Waals surface area contributed by atoms with Gasteiger partial charge in [-0.25, -0.2) is 13.1 Å². The highest BCUT2D eigenvalue weighted by molar-refractivity contribution is 7.92. The molecule has 0 aromatic heterocycles. The van der Waals surface area contributed by atoms with E-state index in [0.29, 0.717) is 0 Å². The fraction of sp³-hybridized carbons (Fsp3) is 0.412. The van der Waals surface area contributed by atoms with Crippen LogP contribution in [0.3, 0.4) is 0 Å². The Labute approximate surface area is 148 Å². The van der Waals surface area contributed by atoms with Gasteiger partial charge in [-0.05, 0) is 39.3 Å². The van der Waals surface area contributed by atoms with Crippen molar-refractivity contribution in [3.05, 3.63) is 40.8 Å². The molecule has 0 atom stereocenters. The van der Waals surface area contributed by atoms with E-state index in [1.807, 2.05) is 19.1 Å². The molecular formula is C17H24N2O5S. The van der Waals surface area contributed by atoms with E-state index < -0.39 is 40.6 Å². The van der Waals surface area contributed by atoms with Gasteiger partial charge in [0.15, 0.2) is 6.61 Å². The van der Waals surface area contributed by atoms with Crippen LogP contribution in [-0.4, -0.2) is 39.0 Å². The number of carbonyl (C=O) groups is 2. The second-order valence-electron chi connectivity index (χ2n) is 6.54. The lowest BCUT2D eigenvalue weighted by atomic mass is 10.1. The van der Waals surface area contributed by atoms with E-state index in [1.165, 1.54) is 6.08 Å². The van der Waals surface area contributed by atoms with Crippen molar-refractivity contribution in [1.82, 2.24) is 10.0 Å². The Morgan fingerprint density at radius 1 is 1.16 bits per heavy atom. The number of nitrogens with one attached hydrogen (secondary N) is 2. The number of ether oxygens (including phenoxy) is 1. The molecule has 0 aliphatic carbocycles. The molecule has 1 amide bonds. The highest BCUT2D eigenvalue weighted by Crippen LogP contribution is 2.06. The molecule has 8 heteroatoms. The van der Waals surface area contributed by atoms with E-state index in [9.17, 15) is 18.0 Å². The molecule has 138 valence electrons. The zero-order valence-corrected chi connectivity index (χ0v) is 15.6. The van der Waals surface area contributed by atoms with Crippen LogP contribution in [0.2, 0.25) is 0 Å². The molecular weight excluding hydrogens is 344 g/mol. The van der Waals surface area contributed by atoms with Crippen LogP contribution in [0.25, 0.3) is 6.08 Å². The highest BCUT2D eigenvalue weighted by atomic mass is 32.2. The summed E-state index contributed by atoms with van der Waals surface area (Å²) in [6.45, 7) is 6.29. The largest absolute Gasteiger partial charge is 0.455 e. The van der Waals surface area contributed by atoms with E-state index in [1.54, 1.807) is 32.9 Å². The van der Waals surface area contributed by atoms with E-state index >= 15 is 0 Å². The van der Waals surface area contributed by atoms with E-state index in [-0.39, 0.29) is 0 Å². The maximum absolute atomic E-state index is 11.8. The van der Waals surface area contributed by atoms with Crippen LogP contribution in [0.4, 0.5) is 0 Å². The average molecular weight is 368 g/mol. The van der Waals surface area contributed by atoms with Crippen LogP contribution in [0, 0.1) is 6.92 Å². The third kappa shape index (κ3) is 9.63. The van der Waals surface area contributed by atoms with Crippen LogP contribution < -0.4 is 10.0 Å². The first-order chi connectivity index (χ1) is 11.5. The first kappa shape index (κ1) is 20.9. The minimum Gasteiger partial charge on any atom is -0.455 e. The molecule has 1 aromatic rings. The molecule has 0 saturated carbocycles. The van der Waals surface area contributed by atoms with Crippen molar-refractivity contribution < 1.29 is 22.7 Å². The molecule has 0 aliphatic heterocycles. The van der Waals surface area contributed by atoms with Crippen molar-refractivity contribution in [1.29, 1.82) is 0 Å². The molecule has 2 N–H and O–H groups in total. The normalized spacial score (nSPS) is 12.2. The van der Waals surface area contributed by atoms with Crippen molar-refractivity contribution in [2.75, 3.05) is 13.2 Å². The number of sulfonamides is 1. The zero-order chi connectivity index (χ0) is 19.1. The number of benzene rings is 1. The first-order valence-electron chi connectivity index (χ1n) is 7.68. The Hall–Kier alpha value is -2.19. The minimum absolute atomic E-state index is 0.439. The maximum Gasteiger partial charge on any atom is 0.321 e. The number of hydrogen-bond acceptors (Lipinski definition) is 5. The smallest absolute Gasteiger partial charge is 0.321 e. The van der Waals surface area contributed by atoms with Crippen molar-refractivity contribution in [2.45, 2.75) is 33.2 Å². The summed E-state index contributed by atoms with van der Waals surface area (Å²) in [5.74, 6) is -1.29. The summed E-state index contributed by atoms with van der Waals surface area (Å²) in [4.78, 5) is 23.0. The Bertz CT molecular complexity index is 731. The molecule has 0 unspecified atom stereocenters. The van der Waals surface area contributed by atoms with E-state index in [0.717, 1.165) is 16.5 Å². The summed E-state index contributed by atoms with van der Waals surface area (Å²) in [5.41, 5.74) is 1.35. The molecule has 0 spiro atoms. The molecule has 1 aromatic carbocycles. The summed E-state index contributed by atoms with van der Waals surface area (Å²) < 4.78 is 30.4. The third-order valence-electron chi connectivity index (χ3n) is 2.81. The van der Waals surface area contributed by atoms with Gasteiger partial charge in [-0.1, -0.05) is 29.8 Å². The van der Waals surface area contributed by atoms with Crippen molar-refractivity contribution in [3.63, 3.8) is 0 Å². The fourth-order valence-electron chi connectivity index (χ4n) is 1.70. The Kier molecular flexibility index (Phi) is 7.32. The van der Waals surface area contributed by atoms with Gasteiger partial charge in [0.25, 0.3) is 5.91 Å². The number of hydrogen-bond donors (Lipinski definition) is 2. The van der Waals surface area contributed by atoms with Gasteiger partial charge in [0.1, 0.15) is 6.54 Å². The number of rotatable bonds is 7. The quantitative estimate of drug-likeness (QED) is 0.707. The second kappa shape index (κ2) is 8.77. The minimum atomic E-state index is -3.78. The molecule has 0 fully saturated rings. The average Bonchev–Trinajstić information content (AvgIpc) is 2.49. The molecule has 7 nitrogen and oxygen atoms in total. The van der Waals surface area contributed by atoms with Gasteiger partial charge in [-0.2, -0.15) is 0 Å². The summed E-state index contributed by atoms with van der Waals surface area (Å²) in [6.07, 6.45) is 1.42. The number of carbonyl (C=O) groups excluding carboxylic acids is 2. The molecule has 0 radical (unpaired) electrons. The summed E-state index contributed by atoms with van der Waals surface area (Å²) in [5, 5.41) is 3.59. The summed E-state index contributed by atoms with van der Waals surface area (Å²) >= 11 is 0. The van der Waals surface area contributed by atoms with Gasteiger partial charge in [0, 0.05) is 10.9 Å². The standard InChI is InChI=1S/C17H24N2O5S/c1-13-5-7-14(8-6-13)9-10-25(22,23)18-11-16(21)24-12-15(20)19-17(2,3)4/h5-10,18H,11-12H2,1-4H3,(H,19,20). The van der Waals surface area contributed by atoms with Crippen LogP contribution in [0.5, 0.6) is 0 Å². The van der Waals surface area contributed by atoms with Crippen molar-refractivity contribution in [3.8, 4) is 0 Å². The highest BCUT2D eigenvalue weighted by Gasteiger charge is 2.16. The number of esters is 1. The monoisotopic (exact) mass is 368 g/mol. The summed E-state index contributed by atoms with van der Waals surface area (Å²) in [7, 11) is -3.78. The predicted octanol–water partition coefficient (Wildman–Crippen LogP) is 1.34. The van der Waals surface area contributed by atoms with Gasteiger partial charge in [0.2, 0.25) is 10.0 Å². The molecule has 0 aliphatic rings. The molecule has 0 heterocycles. The van der Waals surface area contributed by atoms with Gasteiger partial charge >= 0.3 is 5.97 Å². The predicted molar refractivity (Wildman–Crippen MR) is 96.0 cm³/mol. The van der Waals surface area contributed by atoms with Crippen LogP contribution in [0.1, 0.15) is 31.9 Å². The maximum atomic E-state index is 11.8. The second-order valence-corrected chi connectivity index (χ2v) is 8.19. The fourth-order valence-corrected chi connectivity index (χ4v) is 2.46. The van der Waals surface area contributed by atoms with Crippen molar-refractivity contribution in [2.24, 2.45) is 0 Å². The molecule has 1 rings (SSSR count). The number of aryl methyl sites for hydroxylation is 1. The Morgan fingerprint density at radius 3 is 2.32 bits per heavy atom. The Balaban J connectivity index is 2.43. The Morgan fingerprint density at radius 2 is 1.76 bits per heavy atom. The van der Waals surface area contributed by atoms with E-state index in [4.69, 9.17) is 4.74 Å². The lowest BCUT2D eigenvalue weighted by molar-refractivity contribution is -0.147. The number of amides is 1. The topological polar surface area (TPSA) is 102 Å². The molecule has 0 bridgehead atoms. The lowest BCUT2D eigenvalue weighted by Gasteiger charge is -2.20. The van der Waals surface area contributed by atoms with Crippen LogP contribution >= 0.6 is 0 Å². The van der Waals surface area contributed by atoms with Gasteiger partial charge in [0.05, 0.1) is 0 Å². The summed E-state index contributed by atoms with van der Waals surface area (Å²) in [6, 6.07) is 7.28. The van der Waals surface area contributed by atoms with Crippen LogP contribution in [0.15, 0.2) is 29.7 Å². The van der Waals surface area contributed by atoms with Gasteiger partial charge in [-0.3, -0.25) is 9.59 Å². The van der Waals surface area contributed by atoms with Crippen molar-refractivity contribution >= 4 is 28.0 Å². The van der Waals surface area contributed by atoms with Gasteiger partial charge in [-0.15, -0.1) is 0 Å². The van der Waals surface area contributed by atoms with Crippen LogP contribution in [-0.2, 0) is 24.3 Å². The third-order valence-corrected chi connectivity index (χ3v) is 3.85. The zero-order valence-electron chi connectivity index (χ0n) is 14.8. The van der Waals surface area contributed by atoms with E-state index in [2.05, 4.69) is 10.0 Å². The SMILES string of the molecule is Cc1ccc(C=CS(=O)(=O)NCC(=O)OCC(=O)NC(C)(C)C)cc1. The van der Waals surface area contributed by atoms with Gasteiger partial charge < -0.3 is 10.1 Å². The molecule has 25 heavy (non-hydrogen) atoms.